The molecule has 6 N–H and O–H groups in total. The number of primary amides is 1. The van der Waals surface area contributed by atoms with Gasteiger partial charge in [0.15, 0.2) is 11.4 Å². The highest BCUT2D eigenvalue weighted by Crippen LogP contribution is 2.57. The van der Waals surface area contributed by atoms with E-state index in [0.29, 0.717) is 11.3 Å². The number of carbonyl (C=O) groups is 4. The average Bonchev–Trinajstić information content (AvgIpc) is 2.80. The third-order valence-electron chi connectivity index (χ3n) is 7.46. The maximum Gasteiger partial charge on any atom is 0.305 e. The Kier molecular flexibility index (Phi) is 5.87. The minimum absolute atomic E-state index is 0.0651. The van der Waals surface area contributed by atoms with Gasteiger partial charge in [-0.05, 0) is 23.6 Å². The summed E-state index contributed by atoms with van der Waals surface area (Å²) < 4.78 is 5.68. The molecule has 0 fully saturated rings. The van der Waals surface area contributed by atoms with Crippen LogP contribution in [0.3, 0.4) is 0 Å². The first-order valence-electron chi connectivity index (χ1n) is 11.5. The van der Waals surface area contributed by atoms with Gasteiger partial charge in [-0.2, -0.15) is 0 Å². The summed E-state index contributed by atoms with van der Waals surface area (Å²) in [5.74, 6) is -9.50. The molecular weight excluding hydrogens is 472 g/mol. The van der Waals surface area contributed by atoms with Gasteiger partial charge in [0.1, 0.15) is 28.9 Å². The van der Waals surface area contributed by atoms with Crippen molar-refractivity contribution in [1.29, 1.82) is 0 Å². The maximum atomic E-state index is 13.8. The third-order valence-corrected chi connectivity index (χ3v) is 7.46. The van der Waals surface area contributed by atoms with Gasteiger partial charge in [0.05, 0.1) is 5.56 Å². The van der Waals surface area contributed by atoms with E-state index >= 15 is 0 Å². The van der Waals surface area contributed by atoms with Crippen LogP contribution in [-0.2, 0) is 19.1 Å². The van der Waals surface area contributed by atoms with Gasteiger partial charge in [0, 0.05) is 50.0 Å². The van der Waals surface area contributed by atoms with E-state index in [1.165, 1.54) is 13.0 Å². The van der Waals surface area contributed by atoms with Crippen LogP contribution in [0.1, 0.15) is 48.5 Å². The number of amides is 1. The molecule has 1 aromatic carbocycles. The minimum atomic E-state index is -2.87. The van der Waals surface area contributed by atoms with Gasteiger partial charge in [-0.1, -0.05) is 13.8 Å². The first-order valence-corrected chi connectivity index (χ1v) is 11.5. The molecule has 0 saturated carbocycles. The normalized spacial score (nSPS) is 29.4. The molecular formula is C25H28N2O9. The van der Waals surface area contributed by atoms with Gasteiger partial charge in [-0.25, -0.2) is 0 Å². The van der Waals surface area contributed by atoms with Gasteiger partial charge >= 0.3 is 5.97 Å². The van der Waals surface area contributed by atoms with E-state index in [4.69, 9.17) is 10.5 Å². The predicted octanol–water partition coefficient (Wildman–Crippen LogP) is 1.14. The van der Waals surface area contributed by atoms with E-state index in [2.05, 4.69) is 0 Å². The van der Waals surface area contributed by atoms with E-state index in [-0.39, 0.29) is 17.7 Å². The van der Waals surface area contributed by atoms with E-state index in [0.717, 1.165) is 0 Å². The molecule has 1 amide bonds. The fourth-order valence-corrected chi connectivity index (χ4v) is 5.80. The Morgan fingerprint density at radius 1 is 1.19 bits per heavy atom. The number of aromatic hydroxyl groups is 1. The van der Waals surface area contributed by atoms with Crippen molar-refractivity contribution in [2.24, 2.45) is 17.6 Å². The number of benzene rings is 1. The Bertz CT molecular complexity index is 1280. The SMILES string of the molecule is CCC(=O)O[C@H]1[C@H]2C(=C(O)[C@]3(O)C(=O)C(C(N)=O)=C(O)C[C@H]13)C(=O)c1c(O)ccc(N(C)C)c1[C@@H]2C. The molecule has 3 aliphatic rings. The van der Waals surface area contributed by atoms with Crippen molar-refractivity contribution in [3.05, 3.63) is 45.9 Å². The smallest absolute Gasteiger partial charge is 0.305 e. The van der Waals surface area contributed by atoms with Crippen LogP contribution < -0.4 is 10.6 Å². The number of phenols is 1. The molecule has 3 aliphatic carbocycles. The van der Waals surface area contributed by atoms with Crippen molar-refractivity contribution < 1.29 is 44.3 Å². The zero-order valence-electron chi connectivity index (χ0n) is 20.2. The van der Waals surface area contributed by atoms with Crippen LogP contribution in [0.25, 0.3) is 0 Å². The molecule has 11 nitrogen and oxygen atoms in total. The standard InChI is InChI=1S/C25H28N2O9/c1-5-14(30)36-21-10-8-13(29)18(24(26)34)22(32)25(10,35)23(33)19-16(21)9(2)15-11(27(3)4)6-7-12(28)17(15)20(19)31/h6-7,9-10,16,21,28-29,33,35H,5,8H2,1-4H3,(H2,26,34)/t9-,10+,16+,21+,25+/m0/s1. The van der Waals surface area contributed by atoms with E-state index in [1.807, 2.05) is 0 Å². The minimum Gasteiger partial charge on any atom is -0.511 e. The number of phenolic OH excluding ortho intramolecular Hbond substituents is 1. The number of carbonyl (C=O) groups excluding carboxylic acids is 4. The Morgan fingerprint density at radius 3 is 2.39 bits per heavy atom. The zero-order valence-corrected chi connectivity index (χ0v) is 20.2. The molecule has 0 bridgehead atoms. The van der Waals surface area contributed by atoms with Crippen LogP contribution in [-0.4, -0.2) is 69.7 Å². The van der Waals surface area contributed by atoms with Gasteiger partial charge < -0.3 is 35.8 Å². The highest BCUT2D eigenvalue weighted by Gasteiger charge is 2.65. The Labute approximate surface area is 206 Å². The molecule has 11 heteroatoms. The number of hydrogen-bond acceptors (Lipinski definition) is 10. The number of esters is 1. The van der Waals surface area contributed by atoms with E-state index < -0.39 is 82.0 Å². The number of ether oxygens (including phenoxy) is 1. The number of allylic oxidation sites excluding steroid dienone is 1. The molecule has 192 valence electrons. The van der Waals surface area contributed by atoms with Crippen molar-refractivity contribution in [3.63, 3.8) is 0 Å². The highest BCUT2D eigenvalue weighted by molar-refractivity contribution is 6.24. The number of aliphatic hydroxyl groups is 3. The van der Waals surface area contributed by atoms with E-state index in [9.17, 15) is 39.6 Å². The van der Waals surface area contributed by atoms with Crippen LogP contribution in [0, 0.1) is 11.8 Å². The molecule has 4 rings (SSSR count). The summed E-state index contributed by atoms with van der Waals surface area (Å²) in [6.07, 6.45) is -1.94. The fourth-order valence-electron chi connectivity index (χ4n) is 5.80. The number of aliphatic hydroxyl groups excluding tert-OH is 2. The molecule has 0 radical (unpaired) electrons. The van der Waals surface area contributed by atoms with Crippen LogP contribution in [0.4, 0.5) is 5.69 Å². The van der Waals surface area contributed by atoms with Crippen LogP contribution >= 0.6 is 0 Å². The molecule has 0 heterocycles. The van der Waals surface area contributed by atoms with Crippen LogP contribution in [0.15, 0.2) is 34.8 Å². The first-order chi connectivity index (χ1) is 16.8. The predicted molar refractivity (Wildman–Crippen MR) is 125 cm³/mol. The lowest BCUT2D eigenvalue weighted by atomic mass is 9.56. The second kappa shape index (κ2) is 8.37. The number of fused-ring (bicyclic) bond motifs is 3. The molecule has 0 saturated heterocycles. The molecule has 36 heavy (non-hydrogen) atoms. The molecule has 0 aromatic heterocycles. The Morgan fingerprint density at radius 2 is 1.83 bits per heavy atom. The molecule has 5 atom stereocenters. The average molecular weight is 501 g/mol. The summed E-state index contributed by atoms with van der Waals surface area (Å²) in [5.41, 5.74) is 1.97. The second-order valence-electron chi connectivity index (χ2n) is 9.59. The van der Waals surface area contributed by atoms with Crippen molar-refractivity contribution >= 4 is 29.1 Å². The summed E-state index contributed by atoms with van der Waals surface area (Å²) in [5, 5.41) is 44.0. The quantitative estimate of drug-likeness (QED) is 0.296. The first kappa shape index (κ1) is 25.2. The largest absolute Gasteiger partial charge is 0.511 e. The maximum absolute atomic E-state index is 13.8. The Balaban J connectivity index is 2.06. The number of nitrogens with two attached hydrogens (primary N) is 1. The molecule has 0 unspecified atom stereocenters. The molecule has 1 aromatic rings. The summed E-state index contributed by atoms with van der Waals surface area (Å²) >= 11 is 0. The summed E-state index contributed by atoms with van der Waals surface area (Å²) in [6, 6.07) is 2.94. The van der Waals surface area contributed by atoms with Gasteiger partial charge in [-0.3, -0.25) is 19.2 Å². The lowest BCUT2D eigenvalue weighted by Gasteiger charge is -2.51. The number of ketones is 2. The fraction of sp³-hybridized carbons (Fsp3) is 0.440. The van der Waals surface area contributed by atoms with E-state index in [1.54, 1.807) is 32.0 Å². The summed E-state index contributed by atoms with van der Waals surface area (Å²) in [7, 11) is 3.49. The second-order valence-corrected chi connectivity index (χ2v) is 9.59. The number of hydrogen-bond donors (Lipinski definition) is 5. The van der Waals surface area contributed by atoms with Crippen molar-refractivity contribution in [2.75, 3.05) is 19.0 Å². The lowest BCUT2D eigenvalue weighted by Crippen LogP contribution is -2.63. The number of nitrogens with zero attached hydrogens (tertiary/aromatic N) is 1. The summed E-state index contributed by atoms with van der Waals surface area (Å²) in [4.78, 5) is 53.2. The van der Waals surface area contributed by atoms with Crippen molar-refractivity contribution in [1.82, 2.24) is 0 Å². The van der Waals surface area contributed by atoms with Crippen molar-refractivity contribution in [2.45, 2.75) is 44.3 Å². The third kappa shape index (κ3) is 3.22. The number of anilines is 1. The Hall–Kier alpha value is -3.86. The topological polar surface area (TPSA) is 188 Å². The van der Waals surface area contributed by atoms with Gasteiger partial charge in [0.2, 0.25) is 5.78 Å². The van der Waals surface area contributed by atoms with Crippen LogP contribution in [0.5, 0.6) is 5.75 Å². The lowest BCUT2D eigenvalue weighted by molar-refractivity contribution is -0.174. The van der Waals surface area contributed by atoms with Gasteiger partial charge in [-0.15, -0.1) is 0 Å². The number of rotatable bonds is 4. The van der Waals surface area contributed by atoms with Gasteiger partial charge in [0.25, 0.3) is 5.91 Å². The number of Topliss-reactive ketones (excluding diaryl/α,β-unsaturated/α-hetero) is 2. The highest BCUT2D eigenvalue weighted by atomic mass is 16.5. The molecule has 0 spiro atoms. The monoisotopic (exact) mass is 500 g/mol. The zero-order chi connectivity index (χ0) is 26.9. The van der Waals surface area contributed by atoms with Crippen LogP contribution in [0.2, 0.25) is 0 Å². The molecule has 0 aliphatic heterocycles. The van der Waals surface area contributed by atoms with Crippen molar-refractivity contribution in [3.8, 4) is 5.75 Å². The summed E-state index contributed by atoms with van der Waals surface area (Å²) in [6.45, 7) is 3.25.